The van der Waals surface area contributed by atoms with E-state index in [2.05, 4.69) is 156 Å². The van der Waals surface area contributed by atoms with Gasteiger partial charge in [-0.1, -0.05) is 0 Å². The van der Waals surface area contributed by atoms with E-state index in [1.807, 2.05) is 0 Å². The summed E-state index contributed by atoms with van der Waals surface area (Å²) >= 11 is 0. The van der Waals surface area contributed by atoms with Gasteiger partial charge < -0.3 is 0 Å². The Hall–Kier alpha value is -5.94. The van der Waals surface area contributed by atoms with E-state index in [0.29, 0.717) is 0 Å². The van der Waals surface area contributed by atoms with Gasteiger partial charge in [0.15, 0.2) is 49.6 Å². The zero-order valence-electron chi connectivity index (χ0n) is 32.7. The predicted octanol–water partition coefficient (Wildman–Crippen LogP) is 8.39. The molecule has 4 nitrogen and oxygen atoms in total. The fourth-order valence-corrected chi connectivity index (χ4v) is 7.06. The molecule has 1 aromatic carbocycles. The molecule has 0 aliphatic rings. The minimum absolute atomic E-state index is 0.747. The van der Waals surface area contributed by atoms with Crippen LogP contribution in [0.15, 0.2) is 86.0 Å². The van der Waals surface area contributed by atoms with Gasteiger partial charge in [0.25, 0.3) is 0 Å². The second kappa shape index (κ2) is 19.2. The highest BCUT2D eigenvalue weighted by molar-refractivity contribution is 5.96. The summed E-state index contributed by atoms with van der Waals surface area (Å²) in [4.78, 5) is 0. The number of benzene rings is 1. The Morgan fingerprint density at radius 2 is 0.593 bits per heavy atom. The van der Waals surface area contributed by atoms with Gasteiger partial charge in [0.05, 0.1) is 0 Å². The lowest BCUT2D eigenvalue weighted by molar-refractivity contribution is -0.697. The van der Waals surface area contributed by atoms with Crippen molar-refractivity contribution in [3.63, 3.8) is 0 Å². The van der Waals surface area contributed by atoms with E-state index < -0.39 is 0 Å². The molecule has 0 radical (unpaired) electrons. The van der Waals surface area contributed by atoms with Crippen molar-refractivity contribution in [3.05, 3.63) is 108 Å². The van der Waals surface area contributed by atoms with Crippen molar-refractivity contribution in [2.24, 2.45) is 0 Å². The van der Waals surface area contributed by atoms with Crippen molar-refractivity contribution in [3.8, 4) is 93.9 Å². The lowest BCUT2D eigenvalue weighted by Gasteiger charge is -2.20. The maximum atomic E-state index is 5.64. The van der Waals surface area contributed by atoms with E-state index in [1.54, 1.807) is 0 Å². The van der Waals surface area contributed by atoms with Crippen LogP contribution < -0.4 is 18.3 Å². The van der Waals surface area contributed by atoms with Gasteiger partial charge in [-0.15, -0.1) is 49.4 Å². The Morgan fingerprint density at radius 1 is 0.370 bits per heavy atom. The maximum absolute atomic E-state index is 5.64. The molecule has 4 heteroatoms. The molecule has 0 saturated heterocycles. The van der Waals surface area contributed by atoms with E-state index >= 15 is 0 Å². The summed E-state index contributed by atoms with van der Waals surface area (Å²) in [5.74, 6) is 11.2. The summed E-state index contributed by atoms with van der Waals surface area (Å²) in [5.41, 5.74) is 14.5. The number of nitrogens with zero attached hydrogens (tertiary/aromatic N) is 4. The number of unbranched alkanes of at least 4 members (excludes halogenated alkanes) is 4. The molecular weight excluding hydrogens is 657 g/mol. The molecule has 0 fully saturated rings. The van der Waals surface area contributed by atoms with Crippen LogP contribution in [0.5, 0.6) is 0 Å². The third kappa shape index (κ3) is 9.73. The fraction of sp³-hybridized carbons (Fsp3) is 0.320. The molecule has 0 bridgehead atoms. The van der Waals surface area contributed by atoms with Crippen molar-refractivity contribution in [1.29, 1.82) is 0 Å². The highest BCUT2D eigenvalue weighted by Gasteiger charge is 2.25. The van der Waals surface area contributed by atoms with Crippen LogP contribution >= 0.6 is 0 Å². The summed E-state index contributed by atoms with van der Waals surface area (Å²) in [7, 11) is 0. The van der Waals surface area contributed by atoms with E-state index in [4.69, 9.17) is 25.7 Å². The van der Waals surface area contributed by atoms with Gasteiger partial charge in [0.1, 0.15) is 26.2 Å². The van der Waals surface area contributed by atoms with Crippen LogP contribution in [0.3, 0.4) is 0 Å². The number of hydrogen-bond donors (Lipinski definition) is 0. The minimum Gasteiger partial charge on any atom is -0.204 e. The SMILES string of the molecule is C#CCCC[n+]1ccc(C)c(-c2cc(-c3c[n+](CCCC#C)ccc3C)c(-c3c[n+](CCCC#C)ccc3C)cc2-c2c[n+](CCCC#C)ccc2C)c1. The van der Waals surface area contributed by atoms with Crippen LogP contribution in [0.2, 0.25) is 0 Å². The summed E-state index contributed by atoms with van der Waals surface area (Å²) < 4.78 is 9.12. The van der Waals surface area contributed by atoms with Crippen LogP contribution in [0.25, 0.3) is 44.5 Å². The predicted molar refractivity (Wildman–Crippen MR) is 220 cm³/mol. The summed E-state index contributed by atoms with van der Waals surface area (Å²) in [6.45, 7) is 12.3. The first kappa shape index (κ1) is 39.3. The number of aromatic nitrogens is 4. The normalized spacial score (nSPS) is 10.7. The van der Waals surface area contributed by atoms with Crippen molar-refractivity contribution in [2.75, 3.05) is 0 Å². The van der Waals surface area contributed by atoms with Crippen LogP contribution in [-0.4, -0.2) is 0 Å². The first-order chi connectivity index (χ1) is 26.3. The van der Waals surface area contributed by atoms with Gasteiger partial charge in [-0.05, 0) is 84.3 Å². The molecule has 0 spiro atoms. The molecule has 0 aliphatic heterocycles. The molecule has 5 aromatic rings. The molecule has 0 unspecified atom stereocenters. The molecular formula is C50H54N4+4. The van der Waals surface area contributed by atoms with Gasteiger partial charge >= 0.3 is 0 Å². The molecule has 0 aliphatic carbocycles. The molecule has 4 aromatic heterocycles. The standard InChI is InChI=1S/C50H54N4/c1-9-13-17-25-51-29-21-39(5)47(35-51)43-33-45(49-37-53(27-19-15-11-3)31-23-41(49)7)46(50-38-54(28-20-16-12-4)32-24-42(50)8)34-44(43)48-36-52(26-18-14-10-2)30-22-40(48)6/h1-4,21-24,29-38H,13-20,25-28H2,5-8H3/q+4. The molecule has 270 valence electrons. The first-order valence-electron chi connectivity index (χ1n) is 19.2. The van der Waals surface area contributed by atoms with Crippen LogP contribution in [0.4, 0.5) is 0 Å². The second-order valence-corrected chi connectivity index (χ2v) is 14.3. The van der Waals surface area contributed by atoms with Gasteiger partial charge in [-0.3, -0.25) is 0 Å². The zero-order chi connectivity index (χ0) is 38.5. The van der Waals surface area contributed by atoms with E-state index in [9.17, 15) is 0 Å². The molecule has 0 N–H and O–H groups in total. The summed E-state index contributed by atoms with van der Waals surface area (Å²) in [6.07, 6.45) is 47.1. The Morgan fingerprint density at radius 3 is 0.796 bits per heavy atom. The number of hydrogen-bond acceptors (Lipinski definition) is 0. The first-order valence-corrected chi connectivity index (χ1v) is 19.2. The third-order valence-corrected chi connectivity index (χ3v) is 10.2. The average Bonchev–Trinajstić information content (AvgIpc) is 3.17. The smallest absolute Gasteiger partial charge is 0.176 e. The molecule has 54 heavy (non-hydrogen) atoms. The third-order valence-electron chi connectivity index (χ3n) is 10.2. The average molecular weight is 711 g/mol. The van der Waals surface area contributed by atoms with Crippen LogP contribution in [0, 0.1) is 77.1 Å². The van der Waals surface area contributed by atoms with E-state index in [1.165, 1.54) is 66.8 Å². The largest absolute Gasteiger partial charge is 0.204 e. The number of terminal acetylenes is 4. The lowest BCUT2D eigenvalue weighted by atomic mass is 9.83. The Labute approximate surface area is 324 Å². The Kier molecular flexibility index (Phi) is 14.0. The number of aryl methyl sites for hydroxylation is 8. The van der Waals surface area contributed by atoms with Crippen molar-refractivity contribution < 1.29 is 18.3 Å². The molecule has 0 atom stereocenters. The van der Waals surface area contributed by atoms with Gasteiger partial charge in [-0.25, -0.2) is 18.3 Å². The quantitative estimate of drug-likeness (QED) is 0.0556. The topological polar surface area (TPSA) is 15.5 Å². The van der Waals surface area contributed by atoms with Gasteiger partial charge in [0.2, 0.25) is 0 Å². The molecule has 5 rings (SSSR count). The minimum atomic E-state index is 0.747. The fourth-order valence-electron chi connectivity index (χ4n) is 7.06. The zero-order valence-corrected chi connectivity index (χ0v) is 32.7. The maximum Gasteiger partial charge on any atom is 0.176 e. The lowest BCUT2D eigenvalue weighted by Crippen LogP contribution is -2.34. The molecule has 0 saturated carbocycles. The summed E-state index contributed by atoms with van der Waals surface area (Å²) in [6, 6.07) is 13.8. The van der Waals surface area contributed by atoms with E-state index in [0.717, 1.165) is 77.5 Å². The summed E-state index contributed by atoms with van der Waals surface area (Å²) in [5, 5.41) is 0. The van der Waals surface area contributed by atoms with Gasteiger partial charge in [-0.2, -0.15) is 0 Å². The highest BCUT2D eigenvalue weighted by Crippen LogP contribution is 2.44. The Bertz CT molecular complexity index is 1960. The monoisotopic (exact) mass is 710 g/mol. The Balaban J connectivity index is 1.86. The molecule has 0 amide bonds. The van der Waals surface area contributed by atoms with Crippen molar-refractivity contribution in [1.82, 2.24) is 0 Å². The second-order valence-electron chi connectivity index (χ2n) is 14.3. The van der Waals surface area contributed by atoms with Crippen LogP contribution in [-0.2, 0) is 26.2 Å². The van der Waals surface area contributed by atoms with Crippen molar-refractivity contribution in [2.45, 2.75) is 105 Å². The highest BCUT2D eigenvalue weighted by atomic mass is 14.9. The van der Waals surface area contributed by atoms with Crippen molar-refractivity contribution >= 4 is 0 Å². The van der Waals surface area contributed by atoms with Crippen LogP contribution in [0.1, 0.15) is 73.6 Å². The van der Waals surface area contributed by atoms with Gasteiger partial charge in [0, 0.05) is 97.9 Å². The molecule has 4 heterocycles. The number of pyridine rings is 4. The number of rotatable bonds is 16. The van der Waals surface area contributed by atoms with E-state index in [-0.39, 0.29) is 0 Å².